The number of carbonyl (C=O) groups excluding carboxylic acids is 2. The molecule has 138 valence electrons. The first-order valence-electron chi connectivity index (χ1n) is 9.00. The fourth-order valence-corrected chi connectivity index (χ4v) is 4.34. The third-order valence-corrected chi connectivity index (χ3v) is 5.90. The molecular weight excluding hydrogens is 406 g/mol. The van der Waals surface area contributed by atoms with Crippen molar-refractivity contribution in [2.75, 3.05) is 7.11 Å². The minimum atomic E-state index is -0.166. The number of halogens is 1. The third kappa shape index (κ3) is 3.56. The highest BCUT2D eigenvalue weighted by molar-refractivity contribution is 9.10. The predicted molar refractivity (Wildman–Crippen MR) is 107 cm³/mol. The van der Waals surface area contributed by atoms with Crippen molar-refractivity contribution in [1.29, 1.82) is 0 Å². The molecule has 4 nitrogen and oxygen atoms in total. The van der Waals surface area contributed by atoms with Crippen molar-refractivity contribution < 1.29 is 14.3 Å². The fraction of sp³-hybridized carbons (Fsp3) is 0.273. The van der Waals surface area contributed by atoms with E-state index in [1.807, 2.05) is 48.5 Å². The molecule has 1 heterocycles. The van der Waals surface area contributed by atoms with Gasteiger partial charge < -0.3 is 10.1 Å². The van der Waals surface area contributed by atoms with Crippen LogP contribution in [0.25, 0.3) is 0 Å². The standard InChI is InChI=1S/C22H20BrNO3/c1-27-17-4-2-3-14(9-17)15-10-19-22(20(25)11-15)18(12-21(26)24-19)13-5-7-16(23)8-6-13/h2-9,15,18H,10-12H2,1H3,(H,24,26). The van der Waals surface area contributed by atoms with E-state index in [1.165, 1.54) is 0 Å². The van der Waals surface area contributed by atoms with Crippen molar-refractivity contribution in [3.8, 4) is 5.75 Å². The largest absolute Gasteiger partial charge is 0.497 e. The molecular formula is C22H20BrNO3. The molecule has 1 N–H and O–H groups in total. The van der Waals surface area contributed by atoms with Crippen LogP contribution in [-0.4, -0.2) is 18.8 Å². The molecule has 1 amide bonds. The summed E-state index contributed by atoms with van der Waals surface area (Å²) in [6.07, 6.45) is 1.43. The van der Waals surface area contributed by atoms with E-state index in [4.69, 9.17) is 4.74 Å². The molecule has 1 aliphatic carbocycles. The molecule has 2 atom stereocenters. The topological polar surface area (TPSA) is 55.4 Å². The second-order valence-electron chi connectivity index (χ2n) is 7.05. The molecule has 5 heteroatoms. The lowest BCUT2D eigenvalue weighted by Crippen LogP contribution is -2.38. The number of carbonyl (C=O) groups is 2. The summed E-state index contributed by atoms with van der Waals surface area (Å²) in [5.41, 5.74) is 3.63. The predicted octanol–water partition coefficient (Wildman–Crippen LogP) is 4.46. The van der Waals surface area contributed by atoms with E-state index in [0.29, 0.717) is 19.3 Å². The number of amides is 1. The average molecular weight is 426 g/mol. The summed E-state index contributed by atoms with van der Waals surface area (Å²) in [5.74, 6) is 0.758. The maximum Gasteiger partial charge on any atom is 0.225 e. The Morgan fingerprint density at radius 2 is 1.78 bits per heavy atom. The van der Waals surface area contributed by atoms with E-state index in [-0.39, 0.29) is 23.5 Å². The molecule has 0 saturated heterocycles. The Balaban J connectivity index is 1.69. The summed E-state index contributed by atoms with van der Waals surface area (Å²) < 4.78 is 6.29. The van der Waals surface area contributed by atoms with Crippen LogP contribution < -0.4 is 10.1 Å². The zero-order valence-corrected chi connectivity index (χ0v) is 16.6. The van der Waals surface area contributed by atoms with Crippen molar-refractivity contribution >= 4 is 27.6 Å². The fourth-order valence-electron chi connectivity index (χ4n) is 4.07. The van der Waals surface area contributed by atoms with Gasteiger partial charge in [0.2, 0.25) is 5.91 Å². The number of ether oxygens (including phenoxy) is 1. The highest BCUT2D eigenvalue weighted by Crippen LogP contribution is 2.43. The molecule has 0 spiro atoms. The summed E-state index contributed by atoms with van der Waals surface area (Å²) in [7, 11) is 1.63. The summed E-state index contributed by atoms with van der Waals surface area (Å²) in [5, 5.41) is 2.97. The number of nitrogens with one attached hydrogen (secondary N) is 1. The van der Waals surface area contributed by atoms with E-state index in [1.54, 1.807) is 7.11 Å². The Morgan fingerprint density at radius 3 is 2.52 bits per heavy atom. The number of methoxy groups -OCH3 is 1. The molecule has 2 aliphatic rings. The van der Waals surface area contributed by atoms with Crippen molar-refractivity contribution in [2.45, 2.75) is 31.1 Å². The summed E-state index contributed by atoms with van der Waals surface area (Å²) >= 11 is 3.44. The van der Waals surface area contributed by atoms with Gasteiger partial charge in [-0.1, -0.05) is 40.2 Å². The van der Waals surface area contributed by atoms with Gasteiger partial charge in [-0.15, -0.1) is 0 Å². The average Bonchev–Trinajstić information content (AvgIpc) is 2.67. The molecule has 0 radical (unpaired) electrons. The minimum absolute atomic E-state index is 0.0271. The molecule has 0 saturated carbocycles. The zero-order valence-electron chi connectivity index (χ0n) is 15.0. The molecule has 1 aliphatic heterocycles. The van der Waals surface area contributed by atoms with E-state index in [2.05, 4.69) is 21.2 Å². The van der Waals surface area contributed by atoms with Gasteiger partial charge >= 0.3 is 0 Å². The Hall–Kier alpha value is -2.40. The van der Waals surface area contributed by atoms with Crippen molar-refractivity contribution in [1.82, 2.24) is 5.32 Å². The lowest BCUT2D eigenvalue weighted by molar-refractivity contribution is -0.122. The molecule has 27 heavy (non-hydrogen) atoms. The summed E-state index contributed by atoms with van der Waals surface area (Å²) in [6.45, 7) is 0. The van der Waals surface area contributed by atoms with Crippen LogP contribution in [0.4, 0.5) is 0 Å². The monoisotopic (exact) mass is 425 g/mol. The number of allylic oxidation sites excluding steroid dienone is 2. The molecule has 4 rings (SSSR count). The van der Waals surface area contributed by atoms with E-state index >= 15 is 0 Å². The van der Waals surface area contributed by atoms with E-state index < -0.39 is 0 Å². The number of benzene rings is 2. The zero-order chi connectivity index (χ0) is 19.0. The van der Waals surface area contributed by atoms with Gasteiger partial charge in [-0.3, -0.25) is 9.59 Å². The van der Waals surface area contributed by atoms with Gasteiger partial charge in [-0.25, -0.2) is 0 Å². The van der Waals surface area contributed by atoms with Gasteiger partial charge in [-0.2, -0.15) is 0 Å². The highest BCUT2D eigenvalue weighted by atomic mass is 79.9. The Bertz CT molecular complexity index is 933. The van der Waals surface area contributed by atoms with Crippen LogP contribution >= 0.6 is 15.9 Å². The molecule has 0 aromatic heterocycles. The molecule has 2 aromatic carbocycles. The maximum atomic E-state index is 13.1. The Morgan fingerprint density at radius 1 is 1.00 bits per heavy atom. The van der Waals surface area contributed by atoms with Crippen LogP contribution in [0, 0.1) is 0 Å². The lowest BCUT2D eigenvalue weighted by atomic mass is 9.73. The first kappa shape index (κ1) is 18.0. The number of ketones is 1. The van der Waals surface area contributed by atoms with Crippen LogP contribution in [-0.2, 0) is 9.59 Å². The van der Waals surface area contributed by atoms with Gasteiger partial charge in [0.25, 0.3) is 0 Å². The molecule has 0 bridgehead atoms. The SMILES string of the molecule is COc1cccc(C2CC(=O)C3=C(C2)NC(=O)CC3c2ccc(Br)cc2)c1. The van der Waals surface area contributed by atoms with Crippen molar-refractivity contribution in [3.05, 3.63) is 75.4 Å². The number of hydrogen-bond donors (Lipinski definition) is 1. The Kier molecular flexibility index (Phi) is 4.87. The second-order valence-corrected chi connectivity index (χ2v) is 7.97. The van der Waals surface area contributed by atoms with Crippen molar-refractivity contribution in [2.24, 2.45) is 0 Å². The molecule has 2 aromatic rings. The van der Waals surface area contributed by atoms with E-state index in [0.717, 1.165) is 32.6 Å². The van der Waals surface area contributed by atoms with Gasteiger partial charge in [0.05, 0.1) is 7.11 Å². The van der Waals surface area contributed by atoms with Crippen molar-refractivity contribution in [3.63, 3.8) is 0 Å². The van der Waals surface area contributed by atoms with Crippen LogP contribution in [0.2, 0.25) is 0 Å². The summed E-state index contributed by atoms with van der Waals surface area (Å²) in [6, 6.07) is 15.7. The number of rotatable bonds is 3. The lowest BCUT2D eigenvalue weighted by Gasteiger charge is -2.34. The number of hydrogen-bond acceptors (Lipinski definition) is 3. The van der Waals surface area contributed by atoms with Gasteiger partial charge in [0.15, 0.2) is 5.78 Å². The van der Waals surface area contributed by atoms with Gasteiger partial charge in [-0.05, 0) is 47.7 Å². The minimum Gasteiger partial charge on any atom is -0.497 e. The molecule has 0 fully saturated rings. The smallest absolute Gasteiger partial charge is 0.225 e. The van der Waals surface area contributed by atoms with Crippen LogP contribution in [0.1, 0.15) is 42.2 Å². The number of Topliss-reactive ketones (excluding diaryl/α,β-unsaturated/α-hetero) is 1. The summed E-state index contributed by atoms with van der Waals surface area (Å²) in [4.78, 5) is 25.4. The van der Waals surface area contributed by atoms with Gasteiger partial charge in [0, 0.05) is 34.5 Å². The second kappa shape index (κ2) is 7.31. The maximum absolute atomic E-state index is 13.1. The quantitative estimate of drug-likeness (QED) is 0.789. The van der Waals surface area contributed by atoms with Crippen LogP contribution in [0.15, 0.2) is 64.3 Å². The Labute approximate surface area is 166 Å². The van der Waals surface area contributed by atoms with Gasteiger partial charge in [0.1, 0.15) is 5.75 Å². The first-order chi connectivity index (χ1) is 13.0. The van der Waals surface area contributed by atoms with Crippen LogP contribution in [0.5, 0.6) is 5.75 Å². The highest BCUT2D eigenvalue weighted by Gasteiger charge is 2.38. The third-order valence-electron chi connectivity index (χ3n) is 5.37. The normalized spacial score (nSPS) is 22.3. The van der Waals surface area contributed by atoms with Crippen LogP contribution in [0.3, 0.4) is 0 Å². The molecule has 2 unspecified atom stereocenters. The first-order valence-corrected chi connectivity index (χ1v) is 9.80. The van der Waals surface area contributed by atoms with E-state index in [9.17, 15) is 9.59 Å².